The molecule has 150 valence electrons. The van der Waals surface area contributed by atoms with Gasteiger partial charge in [0.2, 0.25) is 0 Å². The Kier molecular flexibility index (Phi) is 5.19. The van der Waals surface area contributed by atoms with Crippen molar-refractivity contribution in [3.8, 4) is 0 Å². The first-order valence-electron chi connectivity index (χ1n) is 9.75. The highest BCUT2D eigenvalue weighted by Crippen LogP contribution is 2.33. The van der Waals surface area contributed by atoms with Crippen LogP contribution in [0.5, 0.6) is 0 Å². The summed E-state index contributed by atoms with van der Waals surface area (Å²) in [6.45, 7) is 4.99. The van der Waals surface area contributed by atoms with Crippen molar-refractivity contribution in [3.05, 3.63) is 89.1 Å². The maximum absolute atomic E-state index is 13.0. The van der Waals surface area contributed by atoms with Crippen molar-refractivity contribution < 1.29 is 19.1 Å². The number of hydrogen-bond donors (Lipinski definition) is 0. The zero-order chi connectivity index (χ0) is 21.3. The Morgan fingerprint density at radius 2 is 1.90 bits per heavy atom. The lowest BCUT2D eigenvalue weighted by atomic mass is 9.91. The second-order valence-corrected chi connectivity index (χ2v) is 7.32. The average Bonchev–Trinajstić information content (AvgIpc) is 3.26. The van der Waals surface area contributed by atoms with Gasteiger partial charge in [0.15, 0.2) is 0 Å². The zero-order valence-corrected chi connectivity index (χ0v) is 16.7. The van der Waals surface area contributed by atoms with Crippen LogP contribution in [0.15, 0.2) is 72.4 Å². The number of imide groups is 1. The van der Waals surface area contributed by atoms with Gasteiger partial charge >= 0.3 is 5.97 Å². The summed E-state index contributed by atoms with van der Waals surface area (Å²) < 4.78 is 5.06. The molecule has 5 nitrogen and oxygen atoms in total. The highest BCUT2D eigenvalue weighted by Gasteiger charge is 2.33. The summed E-state index contributed by atoms with van der Waals surface area (Å²) >= 11 is 0. The lowest BCUT2D eigenvalue weighted by Crippen LogP contribution is -2.42. The van der Waals surface area contributed by atoms with Crippen LogP contribution >= 0.6 is 0 Å². The minimum Gasteiger partial charge on any atom is -0.460 e. The Morgan fingerprint density at radius 3 is 2.60 bits per heavy atom. The van der Waals surface area contributed by atoms with Gasteiger partial charge in [-0.2, -0.15) is 0 Å². The first-order valence-corrected chi connectivity index (χ1v) is 9.75. The molecule has 30 heavy (non-hydrogen) atoms. The summed E-state index contributed by atoms with van der Waals surface area (Å²) in [5.74, 6) is -1.31. The maximum atomic E-state index is 13.0. The van der Waals surface area contributed by atoms with Gasteiger partial charge in [-0.05, 0) is 42.0 Å². The second-order valence-electron chi connectivity index (χ2n) is 7.32. The van der Waals surface area contributed by atoms with Crippen LogP contribution in [0, 0.1) is 0 Å². The van der Waals surface area contributed by atoms with E-state index < -0.39 is 5.97 Å². The molecule has 5 heteroatoms. The van der Waals surface area contributed by atoms with Gasteiger partial charge in [0.1, 0.15) is 6.61 Å². The standard InChI is InChI=1S/C25H21NO4/c1-16(2)25(29)30-15-14-26-23(27)20-9-5-8-19-18(11-10-17-6-3-4-7-17)12-13-21(22(19)20)24(26)28/h3-6,8-13H,1,7,14-15H2,2H3/b11-10+. The van der Waals surface area contributed by atoms with Crippen LogP contribution in [-0.2, 0) is 9.53 Å². The molecular formula is C25H21NO4. The van der Waals surface area contributed by atoms with Crippen molar-refractivity contribution in [2.45, 2.75) is 13.3 Å². The van der Waals surface area contributed by atoms with E-state index in [2.05, 4.69) is 24.8 Å². The van der Waals surface area contributed by atoms with E-state index in [1.165, 1.54) is 5.57 Å². The third-order valence-corrected chi connectivity index (χ3v) is 5.20. The van der Waals surface area contributed by atoms with E-state index in [0.29, 0.717) is 16.5 Å². The predicted molar refractivity (Wildman–Crippen MR) is 116 cm³/mol. The monoisotopic (exact) mass is 399 g/mol. The van der Waals surface area contributed by atoms with Crippen molar-refractivity contribution in [2.24, 2.45) is 0 Å². The summed E-state index contributed by atoms with van der Waals surface area (Å²) in [6.07, 6.45) is 11.2. The first kappa shape index (κ1) is 19.6. The minimum atomic E-state index is -0.543. The van der Waals surface area contributed by atoms with Gasteiger partial charge in [-0.15, -0.1) is 0 Å². The fourth-order valence-electron chi connectivity index (χ4n) is 3.65. The molecule has 0 bridgehead atoms. The van der Waals surface area contributed by atoms with Crippen molar-refractivity contribution in [2.75, 3.05) is 13.2 Å². The van der Waals surface area contributed by atoms with Crippen LogP contribution in [0.1, 0.15) is 39.6 Å². The SMILES string of the molecule is C=C(C)C(=O)OCCN1C(=O)c2cccc3c(/C=C/C4=CC=CC4)ccc(c23)C1=O. The molecule has 2 aromatic carbocycles. The van der Waals surface area contributed by atoms with E-state index >= 15 is 0 Å². The van der Waals surface area contributed by atoms with Crippen LogP contribution in [0.2, 0.25) is 0 Å². The topological polar surface area (TPSA) is 63.7 Å². The molecule has 0 saturated heterocycles. The van der Waals surface area contributed by atoms with Gasteiger partial charge in [-0.25, -0.2) is 4.79 Å². The normalized spacial score (nSPS) is 15.2. The number of amides is 2. The minimum absolute atomic E-state index is 0.00464. The van der Waals surface area contributed by atoms with Crippen molar-refractivity contribution in [3.63, 3.8) is 0 Å². The number of carbonyl (C=O) groups excluding carboxylic acids is 3. The van der Waals surface area contributed by atoms with Crippen LogP contribution in [0.3, 0.4) is 0 Å². The molecule has 0 saturated carbocycles. The van der Waals surface area contributed by atoms with Gasteiger partial charge in [0.05, 0.1) is 6.54 Å². The first-order chi connectivity index (χ1) is 14.5. The summed E-state index contributed by atoms with van der Waals surface area (Å²) in [7, 11) is 0. The number of benzene rings is 2. The number of hydrogen-bond acceptors (Lipinski definition) is 4. The Hall–Kier alpha value is -3.73. The molecule has 2 aromatic rings. The highest BCUT2D eigenvalue weighted by molar-refractivity contribution is 6.26. The Labute approximate surface area is 174 Å². The summed E-state index contributed by atoms with van der Waals surface area (Å²) in [5.41, 5.74) is 3.38. The molecule has 0 radical (unpaired) electrons. The van der Waals surface area contributed by atoms with Crippen molar-refractivity contribution >= 4 is 34.6 Å². The smallest absolute Gasteiger partial charge is 0.333 e. The van der Waals surface area contributed by atoms with Crippen LogP contribution in [-0.4, -0.2) is 35.8 Å². The van der Waals surface area contributed by atoms with Crippen molar-refractivity contribution in [1.82, 2.24) is 4.90 Å². The van der Waals surface area contributed by atoms with E-state index in [1.807, 2.05) is 30.4 Å². The second kappa shape index (κ2) is 7.95. The van der Waals surface area contributed by atoms with E-state index in [0.717, 1.165) is 22.3 Å². The molecule has 1 aliphatic heterocycles. The summed E-state index contributed by atoms with van der Waals surface area (Å²) in [6, 6.07) is 9.13. The molecule has 0 fully saturated rings. The number of ether oxygens (including phenoxy) is 1. The van der Waals surface area contributed by atoms with Gasteiger partial charge < -0.3 is 4.74 Å². The number of nitrogens with zero attached hydrogens (tertiary/aromatic N) is 1. The molecule has 0 N–H and O–H groups in total. The average molecular weight is 399 g/mol. The fourth-order valence-corrected chi connectivity index (χ4v) is 3.65. The zero-order valence-electron chi connectivity index (χ0n) is 16.7. The fraction of sp³-hybridized carbons (Fsp3) is 0.160. The summed E-state index contributed by atoms with van der Waals surface area (Å²) in [4.78, 5) is 38.7. The van der Waals surface area contributed by atoms with E-state index in [1.54, 1.807) is 19.1 Å². The predicted octanol–water partition coefficient (Wildman–Crippen LogP) is 4.45. The Morgan fingerprint density at radius 1 is 1.13 bits per heavy atom. The highest BCUT2D eigenvalue weighted by atomic mass is 16.5. The molecule has 1 aliphatic carbocycles. The molecule has 4 rings (SSSR count). The molecule has 2 amide bonds. The molecule has 0 unspecified atom stereocenters. The van der Waals surface area contributed by atoms with Crippen molar-refractivity contribution in [1.29, 1.82) is 0 Å². The number of rotatable bonds is 6. The third kappa shape index (κ3) is 3.50. The van der Waals surface area contributed by atoms with Gasteiger partial charge in [0, 0.05) is 22.1 Å². The lowest BCUT2D eigenvalue weighted by molar-refractivity contribution is -0.139. The number of allylic oxidation sites excluding steroid dienone is 5. The molecular weight excluding hydrogens is 378 g/mol. The molecule has 2 aliphatic rings. The third-order valence-electron chi connectivity index (χ3n) is 5.20. The molecule has 0 spiro atoms. The Bertz CT molecular complexity index is 1160. The van der Waals surface area contributed by atoms with Gasteiger partial charge in [-0.3, -0.25) is 14.5 Å². The van der Waals surface area contributed by atoms with E-state index in [-0.39, 0.29) is 30.5 Å². The number of carbonyl (C=O) groups is 3. The quantitative estimate of drug-likeness (QED) is 0.409. The lowest BCUT2D eigenvalue weighted by Gasteiger charge is -2.27. The largest absolute Gasteiger partial charge is 0.460 e. The maximum Gasteiger partial charge on any atom is 0.333 e. The number of esters is 1. The summed E-state index contributed by atoms with van der Waals surface area (Å²) in [5, 5.41) is 1.53. The molecule has 0 aromatic heterocycles. The van der Waals surface area contributed by atoms with Crippen LogP contribution in [0.4, 0.5) is 0 Å². The van der Waals surface area contributed by atoms with E-state index in [9.17, 15) is 14.4 Å². The molecule has 1 heterocycles. The van der Waals surface area contributed by atoms with Gasteiger partial charge in [-0.1, -0.05) is 55.2 Å². The Balaban J connectivity index is 1.65. The van der Waals surface area contributed by atoms with E-state index in [4.69, 9.17) is 4.74 Å². The van der Waals surface area contributed by atoms with Gasteiger partial charge in [0.25, 0.3) is 11.8 Å². The van der Waals surface area contributed by atoms with Crippen LogP contribution in [0.25, 0.3) is 16.8 Å². The van der Waals surface area contributed by atoms with Crippen LogP contribution < -0.4 is 0 Å². The molecule has 0 atom stereocenters.